The number of allylic oxidation sites excluding steroid dienone is 4. The summed E-state index contributed by atoms with van der Waals surface area (Å²) in [6.45, 7) is 2.16. The van der Waals surface area contributed by atoms with Crippen LogP contribution in [0.3, 0.4) is 0 Å². The van der Waals surface area contributed by atoms with Crippen molar-refractivity contribution in [3.05, 3.63) is 65.2 Å². The maximum atomic E-state index is 5.38. The lowest BCUT2D eigenvalue weighted by Crippen LogP contribution is -2.09. The van der Waals surface area contributed by atoms with E-state index in [9.17, 15) is 0 Å². The quantitative estimate of drug-likeness (QED) is 0.806. The number of ether oxygens (including phenoxy) is 2. The van der Waals surface area contributed by atoms with Gasteiger partial charge in [0.15, 0.2) is 11.5 Å². The van der Waals surface area contributed by atoms with Gasteiger partial charge in [-0.3, -0.25) is 0 Å². The molecule has 3 rings (SSSR count). The Balaban J connectivity index is 1.83. The van der Waals surface area contributed by atoms with E-state index >= 15 is 0 Å². The molecular weight excluding hydrogens is 298 g/mol. The van der Waals surface area contributed by atoms with Gasteiger partial charge in [-0.15, -0.1) is 0 Å². The average molecular weight is 321 g/mol. The zero-order valence-corrected chi connectivity index (χ0v) is 14.9. The molecule has 0 radical (unpaired) electrons. The topological polar surface area (TPSA) is 21.7 Å². The molecule has 0 bridgehead atoms. The van der Waals surface area contributed by atoms with E-state index < -0.39 is 0 Å². The standard InChI is InChI=1S/C21H23NO2/c1-14-10-18(22(2)3)7-8-19(14)17-11-16(12-17)15-6-9-20(23-4)21(13-15)24-5/h6-13H,1-5H3. The van der Waals surface area contributed by atoms with E-state index in [2.05, 4.69) is 62.3 Å². The van der Waals surface area contributed by atoms with E-state index in [1.165, 1.54) is 28.0 Å². The molecule has 2 aromatic rings. The van der Waals surface area contributed by atoms with Crippen molar-refractivity contribution in [3.63, 3.8) is 0 Å². The summed E-state index contributed by atoms with van der Waals surface area (Å²) >= 11 is 0. The monoisotopic (exact) mass is 321 g/mol. The van der Waals surface area contributed by atoms with E-state index in [4.69, 9.17) is 9.47 Å². The highest BCUT2D eigenvalue weighted by Gasteiger charge is 2.16. The minimum atomic E-state index is 0.750. The fourth-order valence-electron chi connectivity index (χ4n) is 2.91. The largest absolute Gasteiger partial charge is 0.493 e. The molecule has 2 aromatic carbocycles. The highest BCUT2D eigenvalue weighted by molar-refractivity contribution is 6.01. The predicted molar refractivity (Wildman–Crippen MR) is 101 cm³/mol. The average Bonchev–Trinajstić information content (AvgIpc) is 2.54. The Bertz CT molecular complexity index is 832. The molecule has 0 saturated heterocycles. The van der Waals surface area contributed by atoms with Gasteiger partial charge in [-0.2, -0.15) is 0 Å². The van der Waals surface area contributed by atoms with E-state index in [-0.39, 0.29) is 0 Å². The van der Waals surface area contributed by atoms with Crippen LogP contribution < -0.4 is 14.4 Å². The Morgan fingerprint density at radius 2 is 1.50 bits per heavy atom. The second-order valence-corrected chi connectivity index (χ2v) is 6.16. The molecule has 3 heteroatoms. The molecule has 0 N–H and O–H groups in total. The van der Waals surface area contributed by atoms with Crippen LogP contribution in [-0.4, -0.2) is 28.3 Å². The van der Waals surface area contributed by atoms with Gasteiger partial charge in [-0.25, -0.2) is 0 Å². The molecule has 0 fully saturated rings. The predicted octanol–water partition coefficient (Wildman–Crippen LogP) is 4.56. The first-order valence-electron chi connectivity index (χ1n) is 7.97. The Labute approximate surface area is 143 Å². The minimum Gasteiger partial charge on any atom is -0.493 e. The zero-order chi connectivity index (χ0) is 17.3. The number of rotatable bonds is 5. The number of methoxy groups -OCH3 is 2. The van der Waals surface area contributed by atoms with E-state index in [1.807, 2.05) is 12.1 Å². The number of hydrogen-bond donors (Lipinski definition) is 0. The van der Waals surface area contributed by atoms with Crippen molar-refractivity contribution in [3.8, 4) is 11.5 Å². The van der Waals surface area contributed by atoms with Gasteiger partial charge in [0, 0.05) is 19.8 Å². The van der Waals surface area contributed by atoms with Gasteiger partial charge < -0.3 is 14.4 Å². The van der Waals surface area contributed by atoms with Crippen LogP contribution in [0.25, 0.3) is 11.1 Å². The molecule has 24 heavy (non-hydrogen) atoms. The Morgan fingerprint density at radius 1 is 0.792 bits per heavy atom. The number of aryl methyl sites for hydroxylation is 1. The third kappa shape index (κ3) is 2.90. The molecule has 0 saturated carbocycles. The molecule has 1 aliphatic rings. The van der Waals surface area contributed by atoms with Crippen molar-refractivity contribution < 1.29 is 9.47 Å². The minimum absolute atomic E-state index is 0.750. The number of hydrogen-bond acceptors (Lipinski definition) is 3. The van der Waals surface area contributed by atoms with E-state index in [0.717, 1.165) is 17.1 Å². The lowest BCUT2D eigenvalue weighted by molar-refractivity contribution is 0.355. The highest BCUT2D eigenvalue weighted by Crippen LogP contribution is 2.38. The second-order valence-electron chi connectivity index (χ2n) is 6.16. The van der Waals surface area contributed by atoms with Crippen LogP contribution in [0, 0.1) is 6.92 Å². The molecular formula is C21H23NO2. The number of anilines is 1. The summed E-state index contributed by atoms with van der Waals surface area (Å²) in [6, 6.07) is 12.6. The first kappa shape index (κ1) is 16.2. The summed E-state index contributed by atoms with van der Waals surface area (Å²) < 4.78 is 10.7. The summed E-state index contributed by atoms with van der Waals surface area (Å²) in [7, 11) is 7.43. The summed E-state index contributed by atoms with van der Waals surface area (Å²) in [4.78, 5) is 2.12. The normalized spacial score (nSPS) is 12.9. The summed E-state index contributed by atoms with van der Waals surface area (Å²) in [5, 5.41) is 0. The van der Waals surface area contributed by atoms with Crippen molar-refractivity contribution in [1.82, 2.24) is 0 Å². The molecule has 0 aromatic heterocycles. The highest BCUT2D eigenvalue weighted by atomic mass is 16.5. The van der Waals surface area contributed by atoms with Crippen molar-refractivity contribution in [2.75, 3.05) is 33.2 Å². The van der Waals surface area contributed by atoms with Crippen LogP contribution in [0.2, 0.25) is 0 Å². The van der Waals surface area contributed by atoms with Gasteiger partial charge in [-0.05, 0) is 71.2 Å². The molecule has 0 atom stereocenters. The Hall–Kier alpha value is -2.68. The summed E-state index contributed by atoms with van der Waals surface area (Å²) in [5.74, 6) is 1.50. The van der Waals surface area contributed by atoms with Crippen molar-refractivity contribution in [2.24, 2.45) is 0 Å². The second kappa shape index (κ2) is 6.44. The molecule has 0 heterocycles. The maximum Gasteiger partial charge on any atom is 0.161 e. The molecule has 0 amide bonds. The fraction of sp³-hybridized carbons (Fsp3) is 0.238. The first-order chi connectivity index (χ1) is 11.5. The van der Waals surface area contributed by atoms with Crippen LogP contribution in [0.15, 0.2) is 48.6 Å². The van der Waals surface area contributed by atoms with Gasteiger partial charge in [0.2, 0.25) is 0 Å². The van der Waals surface area contributed by atoms with Crippen LogP contribution in [-0.2, 0) is 0 Å². The summed E-state index contributed by atoms with van der Waals surface area (Å²) in [6.07, 6.45) is 4.44. The fourth-order valence-corrected chi connectivity index (χ4v) is 2.91. The van der Waals surface area contributed by atoms with E-state index in [1.54, 1.807) is 14.2 Å². The van der Waals surface area contributed by atoms with Crippen LogP contribution in [0.1, 0.15) is 16.7 Å². The SMILES string of the molecule is COc1ccc(C2=CC(c3ccc(N(C)C)cc3C)=C2)cc1OC. The van der Waals surface area contributed by atoms with Crippen LogP contribution >= 0.6 is 0 Å². The van der Waals surface area contributed by atoms with Crippen molar-refractivity contribution in [1.29, 1.82) is 0 Å². The third-order valence-electron chi connectivity index (χ3n) is 4.38. The van der Waals surface area contributed by atoms with Gasteiger partial charge in [-0.1, -0.05) is 12.1 Å². The molecule has 124 valence electrons. The van der Waals surface area contributed by atoms with Crippen LogP contribution in [0.4, 0.5) is 5.69 Å². The van der Waals surface area contributed by atoms with Gasteiger partial charge in [0.25, 0.3) is 0 Å². The lowest BCUT2D eigenvalue weighted by atomic mass is 9.87. The lowest BCUT2D eigenvalue weighted by Gasteiger charge is -2.20. The van der Waals surface area contributed by atoms with Crippen molar-refractivity contribution in [2.45, 2.75) is 6.92 Å². The van der Waals surface area contributed by atoms with Gasteiger partial charge >= 0.3 is 0 Å². The Kier molecular flexibility index (Phi) is 4.34. The molecule has 3 nitrogen and oxygen atoms in total. The smallest absolute Gasteiger partial charge is 0.161 e. The van der Waals surface area contributed by atoms with Crippen molar-refractivity contribution >= 4 is 16.8 Å². The third-order valence-corrected chi connectivity index (χ3v) is 4.38. The first-order valence-corrected chi connectivity index (χ1v) is 7.97. The molecule has 0 aliphatic heterocycles. The molecule has 0 spiro atoms. The maximum absolute atomic E-state index is 5.38. The number of nitrogens with zero attached hydrogens (tertiary/aromatic N) is 1. The molecule has 1 aliphatic carbocycles. The van der Waals surface area contributed by atoms with Gasteiger partial charge in [0.1, 0.15) is 0 Å². The molecule has 0 unspecified atom stereocenters. The zero-order valence-electron chi connectivity index (χ0n) is 14.9. The number of benzene rings is 2. The van der Waals surface area contributed by atoms with E-state index in [0.29, 0.717) is 0 Å². The summed E-state index contributed by atoms with van der Waals surface area (Å²) in [5.41, 5.74) is 7.41. The van der Waals surface area contributed by atoms with Crippen LogP contribution in [0.5, 0.6) is 11.5 Å². The van der Waals surface area contributed by atoms with Gasteiger partial charge in [0.05, 0.1) is 14.2 Å². The Morgan fingerprint density at radius 3 is 2.08 bits per heavy atom.